The van der Waals surface area contributed by atoms with Crippen LogP contribution in [0.5, 0.6) is 0 Å². The lowest BCUT2D eigenvalue weighted by atomic mass is 10.1. The van der Waals surface area contributed by atoms with Crippen molar-refractivity contribution >= 4 is 40.1 Å². The first-order valence-electron chi connectivity index (χ1n) is 8.26. The Morgan fingerprint density at radius 1 is 1.40 bits per heavy atom. The summed E-state index contributed by atoms with van der Waals surface area (Å²) in [7, 11) is 2.07. The molecule has 2 aromatic rings. The van der Waals surface area contributed by atoms with Gasteiger partial charge in [0.25, 0.3) is 5.91 Å². The second-order valence-corrected chi connectivity index (χ2v) is 6.61. The van der Waals surface area contributed by atoms with E-state index in [1.165, 1.54) is 6.20 Å². The highest BCUT2D eigenvalue weighted by Crippen LogP contribution is 2.19. The maximum absolute atomic E-state index is 12.6. The summed E-state index contributed by atoms with van der Waals surface area (Å²) in [6.45, 7) is 1.93. The molecule has 2 aromatic heterocycles. The third-order valence-electron chi connectivity index (χ3n) is 4.29. The second kappa shape index (κ2) is 7.79. The van der Waals surface area contributed by atoms with E-state index in [-0.39, 0.29) is 35.9 Å². The monoisotopic (exact) mass is 364 g/mol. The molecule has 25 heavy (non-hydrogen) atoms. The number of nitrogens with one attached hydrogen (secondary N) is 3. The summed E-state index contributed by atoms with van der Waals surface area (Å²) in [6.07, 6.45) is 3.57. The molecule has 1 fully saturated rings. The summed E-state index contributed by atoms with van der Waals surface area (Å²) in [5.74, 6) is -0.180. The number of carbonyl (C=O) groups excluding carboxylic acids is 2. The van der Waals surface area contributed by atoms with Crippen LogP contribution in [0.2, 0.25) is 0 Å². The number of H-pyrrole nitrogens is 1. The van der Waals surface area contributed by atoms with Crippen molar-refractivity contribution in [3.63, 3.8) is 0 Å². The maximum atomic E-state index is 12.6. The zero-order chi connectivity index (χ0) is 17.8. The molecule has 0 atom stereocenters. The van der Waals surface area contributed by atoms with Gasteiger partial charge in [-0.1, -0.05) is 0 Å². The van der Waals surface area contributed by atoms with Gasteiger partial charge in [0.15, 0.2) is 11.3 Å². The average molecular weight is 365 g/mol. The second-order valence-electron chi connectivity index (χ2n) is 6.23. The summed E-state index contributed by atoms with van der Waals surface area (Å²) < 4.78 is 0. The molecule has 0 unspecified atom stereocenters. The van der Waals surface area contributed by atoms with Crippen LogP contribution in [0.15, 0.2) is 12.3 Å². The molecule has 134 valence electrons. The minimum absolute atomic E-state index is 0.148. The van der Waals surface area contributed by atoms with E-state index in [1.807, 2.05) is 0 Å². The number of alkyl halides is 1. The van der Waals surface area contributed by atoms with Crippen LogP contribution in [0.1, 0.15) is 29.8 Å². The number of rotatable bonds is 5. The van der Waals surface area contributed by atoms with Crippen LogP contribution in [-0.4, -0.2) is 64.0 Å². The predicted molar refractivity (Wildman–Crippen MR) is 95.8 cm³/mol. The van der Waals surface area contributed by atoms with Gasteiger partial charge in [0, 0.05) is 18.3 Å². The van der Waals surface area contributed by atoms with Crippen LogP contribution in [0.3, 0.4) is 0 Å². The highest BCUT2D eigenvalue weighted by molar-refractivity contribution is 6.19. The van der Waals surface area contributed by atoms with E-state index in [0.717, 1.165) is 25.9 Å². The molecule has 1 saturated heterocycles. The van der Waals surface area contributed by atoms with Crippen molar-refractivity contribution in [2.75, 3.05) is 31.3 Å². The summed E-state index contributed by atoms with van der Waals surface area (Å²) in [6, 6.07) is 1.84. The number of aromatic amines is 1. The quantitative estimate of drug-likeness (QED) is 0.695. The Bertz CT molecular complexity index is 769. The molecule has 0 aromatic carbocycles. The van der Waals surface area contributed by atoms with Gasteiger partial charge in [-0.3, -0.25) is 14.7 Å². The highest BCUT2D eigenvalue weighted by Gasteiger charge is 2.22. The van der Waals surface area contributed by atoms with E-state index in [4.69, 9.17) is 11.6 Å². The van der Waals surface area contributed by atoms with Gasteiger partial charge < -0.3 is 15.5 Å². The molecule has 1 aliphatic rings. The number of pyridine rings is 1. The molecule has 8 nitrogen and oxygen atoms in total. The van der Waals surface area contributed by atoms with Crippen molar-refractivity contribution < 1.29 is 9.59 Å². The first-order chi connectivity index (χ1) is 12.1. The Balaban J connectivity index is 1.74. The first-order valence-corrected chi connectivity index (χ1v) is 8.79. The number of halogens is 1. The zero-order valence-electron chi connectivity index (χ0n) is 14.0. The lowest BCUT2D eigenvalue weighted by Gasteiger charge is -2.29. The number of hydrogen-bond donors (Lipinski definition) is 3. The van der Waals surface area contributed by atoms with Crippen LogP contribution in [0.4, 0.5) is 5.69 Å². The van der Waals surface area contributed by atoms with Gasteiger partial charge in [-0.25, -0.2) is 4.98 Å². The SMILES string of the molecule is CN1CCC(NC(=O)c2n[nH]c3ncc(NC(=O)CCCl)cc23)CC1. The lowest BCUT2D eigenvalue weighted by molar-refractivity contribution is -0.115. The lowest BCUT2D eigenvalue weighted by Crippen LogP contribution is -2.43. The van der Waals surface area contributed by atoms with Crippen LogP contribution in [0, 0.1) is 0 Å². The van der Waals surface area contributed by atoms with Crippen LogP contribution in [-0.2, 0) is 4.79 Å². The van der Waals surface area contributed by atoms with Gasteiger partial charge in [-0.05, 0) is 39.0 Å². The van der Waals surface area contributed by atoms with Crippen LogP contribution in [0.25, 0.3) is 11.0 Å². The van der Waals surface area contributed by atoms with E-state index in [9.17, 15) is 9.59 Å². The van der Waals surface area contributed by atoms with Crippen LogP contribution < -0.4 is 10.6 Å². The Morgan fingerprint density at radius 3 is 2.88 bits per heavy atom. The topological polar surface area (TPSA) is 103 Å². The maximum Gasteiger partial charge on any atom is 0.272 e. The van der Waals surface area contributed by atoms with Crippen molar-refractivity contribution in [2.45, 2.75) is 25.3 Å². The molecule has 3 heterocycles. The van der Waals surface area contributed by atoms with Gasteiger partial charge in [0.2, 0.25) is 5.91 Å². The first kappa shape index (κ1) is 17.6. The third-order valence-corrected chi connectivity index (χ3v) is 4.48. The number of likely N-dealkylation sites (tertiary alicyclic amines) is 1. The van der Waals surface area contributed by atoms with Crippen molar-refractivity contribution in [1.82, 2.24) is 25.4 Å². The third kappa shape index (κ3) is 4.26. The Kier molecular flexibility index (Phi) is 5.50. The Labute approximate surface area is 150 Å². The fraction of sp³-hybridized carbons (Fsp3) is 0.500. The molecule has 9 heteroatoms. The van der Waals surface area contributed by atoms with E-state index in [2.05, 4.69) is 37.8 Å². The minimum atomic E-state index is -0.230. The van der Waals surface area contributed by atoms with Gasteiger partial charge in [0.05, 0.1) is 17.3 Å². The fourth-order valence-electron chi connectivity index (χ4n) is 2.86. The summed E-state index contributed by atoms with van der Waals surface area (Å²) in [5, 5.41) is 13.2. The van der Waals surface area contributed by atoms with Crippen LogP contribution >= 0.6 is 11.6 Å². The average Bonchev–Trinajstić information content (AvgIpc) is 3.00. The van der Waals surface area contributed by atoms with E-state index in [1.54, 1.807) is 6.07 Å². The van der Waals surface area contributed by atoms with Gasteiger partial charge >= 0.3 is 0 Å². The molecule has 0 radical (unpaired) electrons. The van der Waals surface area contributed by atoms with E-state index in [0.29, 0.717) is 16.7 Å². The molecular formula is C16H21ClN6O2. The van der Waals surface area contributed by atoms with E-state index < -0.39 is 0 Å². The van der Waals surface area contributed by atoms with E-state index >= 15 is 0 Å². The fourth-order valence-corrected chi connectivity index (χ4v) is 3.03. The molecule has 3 N–H and O–H groups in total. The molecule has 0 spiro atoms. The standard InChI is InChI=1S/C16H21ClN6O2/c1-23-6-3-10(4-7-23)20-16(25)14-12-8-11(19-13(24)2-5-17)9-18-15(12)22-21-14/h8-10H,2-7H2,1H3,(H,19,24)(H,20,25)(H,18,21,22). The van der Waals surface area contributed by atoms with Gasteiger partial charge in [-0.2, -0.15) is 5.10 Å². The minimum Gasteiger partial charge on any atom is -0.348 e. The molecule has 0 aliphatic carbocycles. The molecule has 1 aliphatic heterocycles. The summed E-state index contributed by atoms with van der Waals surface area (Å²) in [5.41, 5.74) is 1.30. The molecule has 0 bridgehead atoms. The number of carbonyl (C=O) groups is 2. The number of hydrogen-bond acceptors (Lipinski definition) is 5. The Morgan fingerprint density at radius 2 is 2.16 bits per heavy atom. The van der Waals surface area contributed by atoms with Crippen molar-refractivity contribution in [2.24, 2.45) is 0 Å². The highest BCUT2D eigenvalue weighted by atomic mass is 35.5. The van der Waals surface area contributed by atoms with Crippen molar-refractivity contribution in [3.05, 3.63) is 18.0 Å². The molecule has 0 saturated carbocycles. The molecule has 2 amide bonds. The zero-order valence-corrected chi connectivity index (χ0v) is 14.8. The predicted octanol–water partition coefficient (Wildman–Crippen LogP) is 1.35. The Hall–Kier alpha value is -2.19. The molecule has 3 rings (SSSR count). The van der Waals surface area contributed by atoms with Crippen molar-refractivity contribution in [3.8, 4) is 0 Å². The van der Waals surface area contributed by atoms with Gasteiger partial charge in [0.1, 0.15) is 0 Å². The number of amides is 2. The summed E-state index contributed by atoms with van der Waals surface area (Å²) >= 11 is 5.56. The smallest absolute Gasteiger partial charge is 0.272 e. The van der Waals surface area contributed by atoms with Crippen molar-refractivity contribution in [1.29, 1.82) is 0 Å². The molecular weight excluding hydrogens is 344 g/mol. The number of aromatic nitrogens is 3. The number of fused-ring (bicyclic) bond motifs is 1. The normalized spacial score (nSPS) is 16.1. The van der Waals surface area contributed by atoms with Gasteiger partial charge in [-0.15, -0.1) is 11.6 Å². The number of piperidine rings is 1. The number of anilines is 1. The summed E-state index contributed by atoms with van der Waals surface area (Å²) in [4.78, 5) is 30.7. The largest absolute Gasteiger partial charge is 0.348 e. The number of nitrogens with zero attached hydrogens (tertiary/aromatic N) is 3.